The number of rotatable bonds is 10. The molecule has 0 saturated carbocycles. The SMILES string of the molecule is CC(C)C(C(=O)/C=C(\O)C(C(C)C)C(C)C)C(C)C.CC(C)c1cc(-c2ncnc3[c]2[Ge]([CH3])([CH3])[c]2cc(CC(C)(C)C)ccc2-3)[c-]c2ccccc12.[Ir]. The van der Waals surface area contributed by atoms with E-state index < -0.39 is 13.3 Å². The molecule has 1 radical (unpaired) electrons. The maximum Gasteiger partial charge on any atom is 0 e. The molecule has 1 aliphatic heterocycles. The van der Waals surface area contributed by atoms with Gasteiger partial charge in [0, 0.05) is 38.0 Å². The number of aliphatic hydroxyl groups excluding tert-OH is 1. The monoisotopic (exact) mass is 956 g/mol. The van der Waals surface area contributed by atoms with Crippen LogP contribution >= 0.6 is 0 Å². The summed E-state index contributed by atoms with van der Waals surface area (Å²) < 4.78 is 2.94. The molecule has 1 aromatic heterocycles. The van der Waals surface area contributed by atoms with Gasteiger partial charge < -0.3 is 5.11 Å². The average Bonchev–Trinajstić information content (AvgIpc) is 3.25. The van der Waals surface area contributed by atoms with E-state index in [0.29, 0.717) is 29.6 Å². The maximum absolute atomic E-state index is 12.3. The van der Waals surface area contributed by atoms with Crippen LogP contribution in [0.25, 0.3) is 33.3 Å². The number of nitrogens with zero attached hydrogens (tertiary/aromatic N) is 2. The van der Waals surface area contributed by atoms with E-state index in [1.54, 1.807) is 10.7 Å². The van der Waals surface area contributed by atoms with E-state index in [2.05, 4.69) is 156 Å². The Morgan fingerprint density at radius 2 is 1.38 bits per heavy atom. The van der Waals surface area contributed by atoms with Crippen molar-refractivity contribution in [2.24, 2.45) is 40.9 Å². The van der Waals surface area contributed by atoms with Crippen molar-refractivity contribution in [2.75, 3.05) is 0 Å². The summed E-state index contributed by atoms with van der Waals surface area (Å²) in [6, 6.07) is 21.7. The third-order valence-electron chi connectivity index (χ3n) is 10.7. The molecule has 0 bridgehead atoms. The molecule has 3 aromatic carbocycles. The van der Waals surface area contributed by atoms with E-state index in [1.807, 2.05) is 0 Å². The summed E-state index contributed by atoms with van der Waals surface area (Å²) in [5, 5.41) is 12.7. The summed E-state index contributed by atoms with van der Waals surface area (Å²) >= 11 is -2.60. The molecule has 0 amide bonds. The fraction of sp³-hybridized carbons (Fsp3) is 0.511. The Labute approximate surface area is 337 Å². The standard InChI is InChI=1S/C30H33GeN2.C17H32O2.Ir/c1-19(2)25-16-22(15-21-10-8-9-11-23(21)25)28-27-29(33-18-32-28)24-13-12-20(17-30(3,4)5)14-26(24)31(27,6)7;1-10(2)16(11(3)4)14(18)9-15(19)17(12(5)6)13(7)8;/h8-14,16,18-19H,17H2,1-7H3;9-13,16-18H,1-8H3;/q-1;;/b;14-9-;. The van der Waals surface area contributed by atoms with Gasteiger partial charge in [0.05, 0.1) is 5.76 Å². The topological polar surface area (TPSA) is 63.1 Å². The second-order valence-electron chi connectivity index (χ2n) is 18.5. The quantitative estimate of drug-likeness (QED) is 0.0745. The van der Waals surface area contributed by atoms with Gasteiger partial charge in [0.15, 0.2) is 5.78 Å². The molecule has 0 unspecified atom stereocenters. The molecule has 289 valence electrons. The minimum atomic E-state index is -2.60. The second-order valence-corrected chi connectivity index (χ2v) is 27.5. The van der Waals surface area contributed by atoms with Crippen LogP contribution in [0.3, 0.4) is 0 Å². The van der Waals surface area contributed by atoms with Gasteiger partial charge in [0.2, 0.25) is 0 Å². The van der Waals surface area contributed by atoms with Crippen LogP contribution in [-0.4, -0.2) is 34.1 Å². The van der Waals surface area contributed by atoms with Crippen molar-refractivity contribution in [3.8, 4) is 22.5 Å². The number of carbonyl (C=O) groups is 1. The van der Waals surface area contributed by atoms with Crippen LogP contribution in [0.5, 0.6) is 0 Å². The summed E-state index contributed by atoms with van der Waals surface area (Å²) in [4.78, 5) is 22.1. The fourth-order valence-electron chi connectivity index (χ4n) is 8.64. The molecule has 53 heavy (non-hydrogen) atoms. The number of allylic oxidation sites excluding steroid dienone is 2. The van der Waals surface area contributed by atoms with E-state index in [-0.39, 0.29) is 48.9 Å². The number of hydrogen-bond donors (Lipinski definition) is 1. The summed E-state index contributed by atoms with van der Waals surface area (Å²) in [5.74, 6) is 7.07. The third-order valence-corrected chi connectivity index (χ3v) is 18.0. The zero-order chi connectivity index (χ0) is 38.9. The summed E-state index contributed by atoms with van der Waals surface area (Å²) in [6.07, 6.45) is 4.32. The molecular weight excluding hydrogens is 889 g/mol. The van der Waals surface area contributed by atoms with Crippen LogP contribution in [0.2, 0.25) is 11.5 Å². The van der Waals surface area contributed by atoms with Crippen molar-refractivity contribution >= 4 is 38.6 Å². The smallest absolute Gasteiger partial charge is 0 e. The van der Waals surface area contributed by atoms with Gasteiger partial charge in [0.1, 0.15) is 0 Å². The molecule has 0 saturated heterocycles. The minimum Gasteiger partial charge on any atom is 0 e. The van der Waals surface area contributed by atoms with Crippen molar-refractivity contribution in [3.05, 3.63) is 83.9 Å². The van der Waals surface area contributed by atoms with Gasteiger partial charge in [-0.05, 0) is 23.7 Å². The van der Waals surface area contributed by atoms with Crippen molar-refractivity contribution < 1.29 is 30.0 Å². The molecular formula is C47H65GeIrN2O2-. The van der Waals surface area contributed by atoms with Crippen molar-refractivity contribution in [2.45, 2.75) is 114 Å². The van der Waals surface area contributed by atoms with Gasteiger partial charge in [-0.25, -0.2) is 0 Å². The van der Waals surface area contributed by atoms with Crippen LogP contribution in [-0.2, 0) is 31.3 Å². The number of hydrogen-bond acceptors (Lipinski definition) is 4. The van der Waals surface area contributed by atoms with Gasteiger partial charge in [0.25, 0.3) is 0 Å². The fourth-order valence-corrected chi connectivity index (χ4v) is 15.5. The van der Waals surface area contributed by atoms with Gasteiger partial charge in [-0.2, -0.15) is 0 Å². The van der Waals surface area contributed by atoms with Crippen molar-refractivity contribution in [3.63, 3.8) is 0 Å². The van der Waals surface area contributed by atoms with Crippen molar-refractivity contribution in [1.82, 2.24) is 9.97 Å². The van der Waals surface area contributed by atoms with E-state index in [9.17, 15) is 9.90 Å². The zero-order valence-corrected chi connectivity index (χ0v) is 39.6. The molecule has 2 heterocycles. The Bertz CT molecular complexity index is 1900. The van der Waals surface area contributed by atoms with E-state index in [0.717, 1.165) is 23.4 Å². The Morgan fingerprint density at radius 1 is 0.811 bits per heavy atom. The first-order chi connectivity index (χ1) is 24.1. The summed E-state index contributed by atoms with van der Waals surface area (Å²) in [7, 11) is 0. The molecule has 6 heteroatoms. The molecule has 0 fully saturated rings. The summed E-state index contributed by atoms with van der Waals surface area (Å²) in [5.41, 5.74) is 7.73. The molecule has 0 spiro atoms. The zero-order valence-electron chi connectivity index (χ0n) is 35.1. The number of fused-ring (bicyclic) bond motifs is 4. The van der Waals surface area contributed by atoms with E-state index in [1.165, 1.54) is 37.9 Å². The number of aliphatic hydroxyl groups is 1. The number of ketones is 1. The van der Waals surface area contributed by atoms with Crippen LogP contribution in [0, 0.1) is 47.0 Å². The Morgan fingerprint density at radius 3 is 1.92 bits per heavy atom. The minimum absolute atomic E-state index is 0. The largest absolute Gasteiger partial charge is 0 e. The molecule has 5 rings (SSSR count). The molecule has 0 atom stereocenters. The van der Waals surface area contributed by atoms with E-state index >= 15 is 0 Å². The average molecular weight is 955 g/mol. The van der Waals surface area contributed by atoms with Crippen LogP contribution in [0.1, 0.15) is 107 Å². The van der Waals surface area contributed by atoms with Gasteiger partial charge in [-0.1, -0.05) is 55.4 Å². The molecule has 4 aromatic rings. The van der Waals surface area contributed by atoms with E-state index in [4.69, 9.17) is 9.97 Å². The maximum atomic E-state index is 12.3. The second kappa shape index (κ2) is 17.9. The first kappa shape index (κ1) is 44.8. The van der Waals surface area contributed by atoms with Crippen molar-refractivity contribution in [1.29, 1.82) is 0 Å². The Balaban J connectivity index is 0.000000327. The predicted molar refractivity (Wildman–Crippen MR) is 225 cm³/mol. The molecule has 1 aliphatic rings. The first-order valence-corrected chi connectivity index (χ1v) is 25.8. The number of aromatic nitrogens is 2. The van der Waals surface area contributed by atoms with Crippen LogP contribution in [0.4, 0.5) is 0 Å². The molecule has 1 N–H and O–H groups in total. The Kier molecular flexibility index (Phi) is 15.1. The molecule has 4 nitrogen and oxygen atoms in total. The van der Waals surface area contributed by atoms with Gasteiger partial charge in [-0.15, -0.1) is 0 Å². The van der Waals surface area contributed by atoms with Crippen LogP contribution < -0.4 is 8.79 Å². The third kappa shape index (κ3) is 10.2. The van der Waals surface area contributed by atoms with Gasteiger partial charge >= 0.3 is 201 Å². The predicted octanol–water partition coefficient (Wildman–Crippen LogP) is 11.5. The number of carbonyl (C=O) groups excluding carboxylic acids is 1. The normalized spacial score (nSPS) is 14.0. The van der Waals surface area contributed by atoms with Gasteiger partial charge in [-0.3, -0.25) is 4.79 Å². The first-order valence-electron chi connectivity index (χ1n) is 19.5. The molecule has 0 aliphatic carbocycles. The van der Waals surface area contributed by atoms with Crippen LogP contribution in [0.15, 0.2) is 66.7 Å². The number of benzene rings is 3. The summed E-state index contributed by atoms with van der Waals surface area (Å²) in [6.45, 7) is 28.1. The Hall–Kier alpha value is -2.60.